The fourth-order valence-corrected chi connectivity index (χ4v) is 2.28. The Labute approximate surface area is 109 Å². The van der Waals surface area contributed by atoms with E-state index in [1.807, 2.05) is 24.3 Å². The highest BCUT2D eigenvalue weighted by atomic mass is 127. The number of nitrogens with one attached hydrogen (secondary N) is 1. The van der Waals surface area contributed by atoms with Crippen LogP contribution in [0.3, 0.4) is 0 Å². The summed E-state index contributed by atoms with van der Waals surface area (Å²) in [5, 5.41) is 3.04. The molecule has 1 aliphatic heterocycles. The summed E-state index contributed by atoms with van der Waals surface area (Å²) < 4.78 is 6.33. The third-order valence-electron chi connectivity index (χ3n) is 2.64. The zero-order chi connectivity index (χ0) is 11.4. The Balaban J connectivity index is 1.97. The van der Waals surface area contributed by atoms with E-state index in [1.54, 1.807) is 0 Å². The monoisotopic (exact) mass is 331 g/mol. The number of benzene rings is 1. The summed E-state index contributed by atoms with van der Waals surface area (Å²) in [5.41, 5.74) is 0.735. The molecule has 0 radical (unpaired) electrons. The first-order valence-electron chi connectivity index (χ1n) is 5.40. The first-order valence-corrected chi connectivity index (χ1v) is 6.48. The second-order valence-corrected chi connectivity index (χ2v) is 5.12. The molecule has 1 aromatic carbocycles. The van der Waals surface area contributed by atoms with E-state index in [2.05, 4.69) is 27.9 Å². The van der Waals surface area contributed by atoms with E-state index in [1.165, 1.54) is 0 Å². The topological polar surface area (TPSA) is 38.3 Å². The predicted molar refractivity (Wildman–Crippen MR) is 70.5 cm³/mol. The number of hydrogen-bond donors (Lipinski definition) is 1. The number of ether oxygens (including phenoxy) is 1. The number of hydrogen-bond acceptors (Lipinski definition) is 2. The van der Waals surface area contributed by atoms with Gasteiger partial charge in [0.05, 0.1) is 0 Å². The normalized spacial score (nSPS) is 17.1. The van der Waals surface area contributed by atoms with Gasteiger partial charge in [-0.25, -0.2) is 0 Å². The van der Waals surface area contributed by atoms with Gasteiger partial charge in [-0.05, 0) is 53.6 Å². The van der Waals surface area contributed by atoms with Crippen molar-refractivity contribution >= 4 is 28.5 Å². The van der Waals surface area contributed by atoms with E-state index in [9.17, 15) is 4.79 Å². The average Bonchev–Trinajstić information content (AvgIpc) is 2.30. The molecule has 1 fully saturated rings. The lowest BCUT2D eigenvalue weighted by atomic mass is 10.1. The molecule has 1 aromatic rings. The fourth-order valence-electron chi connectivity index (χ4n) is 1.74. The van der Waals surface area contributed by atoms with Crippen molar-refractivity contribution in [3.8, 4) is 0 Å². The molecule has 1 saturated heterocycles. The smallest absolute Gasteiger partial charge is 0.251 e. The Morgan fingerprint density at radius 1 is 1.38 bits per heavy atom. The van der Waals surface area contributed by atoms with Gasteiger partial charge in [-0.15, -0.1) is 0 Å². The van der Waals surface area contributed by atoms with E-state index in [0.717, 1.165) is 35.2 Å². The van der Waals surface area contributed by atoms with Crippen molar-refractivity contribution in [2.45, 2.75) is 18.9 Å². The molecule has 2 rings (SSSR count). The van der Waals surface area contributed by atoms with Crippen LogP contribution in [0.4, 0.5) is 0 Å². The number of amides is 1. The molecule has 0 unspecified atom stereocenters. The van der Waals surface area contributed by atoms with Crippen molar-refractivity contribution < 1.29 is 9.53 Å². The maximum absolute atomic E-state index is 11.9. The SMILES string of the molecule is O=C(NC1CCOCC1)c1cccc(I)c1. The van der Waals surface area contributed by atoms with E-state index >= 15 is 0 Å². The second kappa shape index (κ2) is 5.63. The maximum atomic E-state index is 11.9. The number of carbonyl (C=O) groups is 1. The van der Waals surface area contributed by atoms with Crippen LogP contribution >= 0.6 is 22.6 Å². The van der Waals surface area contributed by atoms with Crippen LogP contribution in [0, 0.1) is 3.57 Å². The number of halogens is 1. The Bertz CT molecular complexity index is 375. The lowest BCUT2D eigenvalue weighted by Gasteiger charge is -2.23. The van der Waals surface area contributed by atoms with E-state index in [4.69, 9.17) is 4.74 Å². The molecule has 86 valence electrons. The second-order valence-electron chi connectivity index (χ2n) is 3.87. The molecule has 0 saturated carbocycles. The van der Waals surface area contributed by atoms with Crippen molar-refractivity contribution in [2.75, 3.05) is 13.2 Å². The molecule has 0 aliphatic carbocycles. The first kappa shape index (κ1) is 11.9. The summed E-state index contributed by atoms with van der Waals surface area (Å²) in [4.78, 5) is 11.9. The maximum Gasteiger partial charge on any atom is 0.251 e. The molecule has 0 atom stereocenters. The molecule has 0 aromatic heterocycles. The minimum absolute atomic E-state index is 0.0189. The number of rotatable bonds is 2. The molecule has 1 heterocycles. The highest BCUT2D eigenvalue weighted by molar-refractivity contribution is 14.1. The van der Waals surface area contributed by atoms with Gasteiger partial charge in [0, 0.05) is 28.4 Å². The molecule has 1 aliphatic rings. The zero-order valence-electron chi connectivity index (χ0n) is 8.91. The average molecular weight is 331 g/mol. The molecule has 0 bridgehead atoms. The summed E-state index contributed by atoms with van der Waals surface area (Å²) in [6, 6.07) is 7.89. The molecule has 4 heteroatoms. The minimum Gasteiger partial charge on any atom is -0.381 e. The van der Waals surface area contributed by atoms with Crippen LogP contribution in [0.15, 0.2) is 24.3 Å². The minimum atomic E-state index is 0.0189. The third-order valence-corrected chi connectivity index (χ3v) is 3.31. The Morgan fingerprint density at radius 3 is 2.81 bits per heavy atom. The Hall–Kier alpha value is -0.620. The Morgan fingerprint density at radius 2 is 2.12 bits per heavy atom. The van der Waals surface area contributed by atoms with Crippen LogP contribution in [0.2, 0.25) is 0 Å². The quantitative estimate of drug-likeness (QED) is 0.844. The summed E-state index contributed by atoms with van der Waals surface area (Å²) in [6.07, 6.45) is 1.82. The molecule has 0 spiro atoms. The van der Waals surface area contributed by atoms with E-state index in [0.29, 0.717) is 0 Å². The summed E-state index contributed by atoms with van der Waals surface area (Å²) in [5.74, 6) is 0.0189. The number of carbonyl (C=O) groups excluding carboxylic acids is 1. The molecular weight excluding hydrogens is 317 g/mol. The molecular formula is C12H14INO2. The van der Waals surface area contributed by atoms with E-state index < -0.39 is 0 Å². The van der Waals surface area contributed by atoms with Gasteiger partial charge < -0.3 is 10.1 Å². The third kappa shape index (κ3) is 3.18. The van der Waals surface area contributed by atoms with Gasteiger partial charge in [-0.1, -0.05) is 6.07 Å². The van der Waals surface area contributed by atoms with Gasteiger partial charge in [0.25, 0.3) is 5.91 Å². The zero-order valence-corrected chi connectivity index (χ0v) is 11.1. The largest absolute Gasteiger partial charge is 0.381 e. The lowest BCUT2D eigenvalue weighted by Crippen LogP contribution is -2.38. The summed E-state index contributed by atoms with van der Waals surface area (Å²) in [6.45, 7) is 1.49. The van der Waals surface area contributed by atoms with Crippen molar-refractivity contribution in [3.05, 3.63) is 33.4 Å². The summed E-state index contributed by atoms with van der Waals surface area (Å²) >= 11 is 2.21. The van der Waals surface area contributed by atoms with E-state index in [-0.39, 0.29) is 11.9 Å². The van der Waals surface area contributed by atoms with Gasteiger partial charge >= 0.3 is 0 Å². The summed E-state index contributed by atoms with van der Waals surface area (Å²) in [7, 11) is 0. The van der Waals surface area contributed by atoms with Crippen LogP contribution in [0.1, 0.15) is 23.2 Å². The van der Waals surface area contributed by atoms with Gasteiger partial charge in [0.1, 0.15) is 0 Å². The van der Waals surface area contributed by atoms with Gasteiger partial charge in [0.2, 0.25) is 0 Å². The van der Waals surface area contributed by atoms with Crippen molar-refractivity contribution in [1.82, 2.24) is 5.32 Å². The van der Waals surface area contributed by atoms with Crippen LogP contribution in [0.5, 0.6) is 0 Å². The van der Waals surface area contributed by atoms with Gasteiger partial charge in [-0.3, -0.25) is 4.79 Å². The predicted octanol–water partition coefficient (Wildman–Crippen LogP) is 2.20. The standard InChI is InChI=1S/C12H14INO2/c13-10-3-1-2-9(8-10)12(15)14-11-4-6-16-7-5-11/h1-3,8,11H,4-7H2,(H,14,15). The van der Waals surface area contributed by atoms with Crippen LogP contribution in [-0.4, -0.2) is 25.2 Å². The van der Waals surface area contributed by atoms with Crippen LogP contribution < -0.4 is 5.32 Å². The lowest BCUT2D eigenvalue weighted by molar-refractivity contribution is 0.0696. The fraction of sp³-hybridized carbons (Fsp3) is 0.417. The van der Waals surface area contributed by atoms with Gasteiger partial charge in [-0.2, -0.15) is 0 Å². The molecule has 16 heavy (non-hydrogen) atoms. The van der Waals surface area contributed by atoms with Crippen molar-refractivity contribution in [1.29, 1.82) is 0 Å². The van der Waals surface area contributed by atoms with Crippen LogP contribution in [-0.2, 0) is 4.74 Å². The molecule has 3 nitrogen and oxygen atoms in total. The Kier molecular flexibility index (Phi) is 4.17. The van der Waals surface area contributed by atoms with Crippen molar-refractivity contribution in [3.63, 3.8) is 0 Å². The highest BCUT2D eigenvalue weighted by Gasteiger charge is 2.16. The van der Waals surface area contributed by atoms with Crippen molar-refractivity contribution in [2.24, 2.45) is 0 Å². The molecule has 1 N–H and O–H groups in total. The van der Waals surface area contributed by atoms with Crippen LogP contribution in [0.25, 0.3) is 0 Å². The molecule has 1 amide bonds. The first-order chi connectivity index (χ1) is 7.75. The highest BCUT2D eigenvalue weighted by Crippen LogP contribution is 2.10. The van der Waals surface area contributed by atoms with Gasteiger partial charge in [0.15, 0.2) is 0 Å².